The van der Waals surface area contributed by atoms with Crippen LogP contribution < -0.4 is 5.32 Å². The third kappa shape index (κ3) is 3.95. The number of rotatable bonds is 3. The van der Waals surface area contributed by atoms with Gasteiger partial charge in [0.2, 0.25) is 0 Å². The smallest absolute Gasteiger partial charge is 0.169 e. The predicted octanol–water partition coefficient (Wildman–Crippen LogP) is 2.72. The molecule has 0 atom stereocenters. The first-order valence-electron chi connectivity index (χ1n) is 6.66. The molecule has 2 rings (SSSR count). The molecule has 0 unspecified atom stereocenters. The lowest BCUT2D eigenvalue weighted by molar-refractivity contribution is 0.392. The van der Waals surface area contributed by atoms with Gasteiger partial charge in [0.15, 0.2) is 5.11 Å². The summed E-state index contributed by atoms with van der Waals surface area (Å²) < 4.78 is 0. The van der Waals surface area contributed by atoms with Crippen LogP contribution in [0.5, 0.6) is 0 Å². The van der Waals surface area contributed by atoms with Crippen LogP contribution >= 0.6 is 12.2 Å². The average Bonchev–Trinajstić information content (AvgIpc) is 2.41. The lowest BCUT2D eigenvalue weighted by atomic mass is 9.96. The summed E-state index contributed by atoms with van der Waals surface area (Å²) in [6.07, 6.45) is 10.2. The molecule has 1 N–H and O–H groups in total. The third-order valence-electron chi connectivity index (χ3n) is 3.42. The molecule has 4 heteroatoms. The molecule has 1 aromatic rings. The molecule has 0 amide bonds. The molecule has 3 nitrogen and oxygen atoms in total. The molecule has 0 aliphatic heterocycles. The van der Waals surface area contributed by atoms with Gasteiger partial charge in [0.1, 0.15) is 0 Å². The number of pyridine rings is 1. The Bertz CT molecular complexity index is 374. The van der Waals surface area contributed by atoms with Crippen LogP contribution in [0.15, 0.2) is 24.5 Å². The van der Waals surface area contributed by atoms with Crippen molar-refractivity contribution in [1.29, 1.82) is 0 Å². The van der Waals surface area contributed by atoms with Crippen LogP contribution in [-0.2, 0) is 6.54 Å². The van der Waals surface area contributed by atoms with Crippen LogP contribution in [0.2, 0.25) is 0 Å². The Morgan fingerprint density at radius 3 is 2.89 bits per heavy atom. The van der Waals surface area contributed by atoms with E-state index < -0.39 is 0 Å². The summed E-state index contributed by atoms with van der Waals surface area (Å²) in [5.41, 5.74) is 1.19. The minimum absolute atomic E-state index is 0.572. The monoisotopic (exact) mass is 263 g/mol. The van der Waals surface area contributed by atoms with Gasteiger partial charge < -0.3 is 10.2 Å². The van der Waals surface area contributed by atoms with Crippen molar-refractivity contribution in [2.45, 2.75) is 44.7 Å². The number of hydrogen-bond donors (Lipinski definition) is 1. The fourth-order valence-corrected chi connectivity index (χ4v) is 2.60. The van der Waals surface area contributed by atoms with E-state index in [0.717, 1.165) is 11.7 Å². The highest BCUT2D eigenvalue weighted by molar-refractivity contribution is 7.80. The van der Waals surface area contributed by atoms with E-state index in [1.807, 2.05) is 19.3 Å². The summed E-state index contributed by atoms with van der Waals surface area (Å²) in [4.78, 5) is 6.21. The molecule has 1 aliphatic rings. The maximum Gasteiger partial charge on any atom is 0.169 e. The second-order valence-corrected chi connectivity index (χ2v) is 5.39. The van der Waals surface area contributed by atoms with Crippen molar-refractivity contribution in [2.75, 3.05) is 7.05 Å². The summed E-state index contributed by atoms with van der Waals surface area (Å²) in [7, 11) is 2.03. The van der Waals surface area contributed by atoms with E-state index in [4.69, 9.17) is 12.2 Å². The van der Waals surface area contributed by atoms with E-state index >= 15 is 0 Å². The number of nitrogens with one attached hydrogen (secondary N) is 1. The van der Waals surface area contributed by atoms with Crippen molar-refractivity contribution < 1.29 is 0 Å². The summed E-state index contributed by atoms with van der Waals surface area (Å²) >= 11 is 5.45. The van der Waals surface area contributed by atoms with Gasteiger partial charge >= 0.3 is 0 Å². The molecule has 1 fully saturated rings. The zero-order chi connectivity index (χ0) is 12.8. The molecule has 18 heavy (non-hydrogen) atoms. The molecular formula is C14H21N3S. The molecule has 0 bridgehead atoms. The predicted molar refractivity (Wildman–Crippen MR) is 78.3 cm³/mol. The Kier molecular flexibility index (Phi) is 4.93. The Morgan fingerprint density at radius 2 is 2.22 bits per heavy atom. The van der Waals surface area contributed by atoms with E-state index in [-0.39, 0.29) is 0 Å². The van der Waals surface area contributed by atoms with Gasteiger partial charge in [0.05, 0.1) is 0 Å². The fraction of sp³-hybridized carbons (Fsp3) is 0.571. The van der Waals surface area contributed by atoms with Gasteiger partial charge in [-0.2, -0.15) is 0 Å². The number of aromatic nitrogens is 1. The highest BCUT2D eigenvalue weighted by Gasteiger charge is 2.15. The molecule has 0 aromatic carbocycles. The quantitative estimate of drug-likeness (QED) is 0.849. The van der Waals surface area contributed by atoms with Crippen molar-refractivity contribution in [3.63, 3.8) is 0 Å². The highest BCUT2D eigenvalue weighted by Crippen LogP contribution is 2.17. The van der Waals surface area contributed by atoms with Crippen molar-refractivity contribution in [3.05, 3.63) is 30.1 Å². The minimum atomic E-state index is 0.572. The largest absolute Gasteiger partial charge is 0.360 e. The maximum atomic E-state index is 5.45. The van der Waals surface area contributed by atoms with Crippen LogP contribution in [0.25, 0.3) is 0 Å². The van der Waals surface area contributed by atoms with E-state index in [1.54, 1.807) is 6.20 Å². The lowest BCUT2D eigenvalue weighted by Gasteiger charge is -2.28. The van der Waals surface area contributed by atoms with Crippen molar-refractivity contribution in [1.82, 2.24) is 15.2 Å². The summed E-state index contributed by atoms with van der Waals surface area (Å²) in [5.74, 6) is 0. The first-order valence-corrected chi connectivity index (χ1v) is 7.07. The van der Waals surface area contributed by atoms with E-state index in [1.165, 1.54) is 37.7 Å². The number of hydrogen-bond acceptors (Lipinski definition) is 2. The summed E-state index contributed by atoms with van der Waals surface area (Å²) in [6.45, 7) is 0.812. The number of thiocarbonyl (C=S) groups is 1. The van der Waals surface area contributed by atoms with Crippen LogP contribution in [0.1, 0.15) is 37.7 Å². The molecule has 1 aliphatic carbocycles. The van der Waals surface area contributed by atoms with E-state index in [2.05, 4.69) is 21.3 Å². The highest BCUT2D eigenvalue weighted by atomic mass is 32.1. The van der Waals surface area contributed by atoms with Crippen molar-refractivity contribution >= 4 is 17.3 Å². The fourth-order valence-electron chi connectivity index (χ4n) is 2.37. The van der Waals surface area contributed by atoms with Crippen molar-refractivity contribution in [2.24, 2.45) is 0 Å². The topological polar surface area (TPSA) is 28.2 Å². The number of nitrogens with zero attached hydrogens (tertiary/aromatic N) is 2. The lowest BCUT2D eigenvalue weighted by Crippen LogP contribution is -2.43. The van der Waals surface area contributed by atoms with Crippen LogP contribution in [0.3, 0.4) is 0 Å². The normalized spacial score (nSPS) is 16.3. The SMILES string of the molecule is CN(Cc1cccnc1)C(=S)NC1CCCCC1. The Hall–Kier alpha value is -1.16. The summed E-state index contributed by atoms with van der Waals surface area (Å²) in [5, 5.41) is 4.33. The first kappa shape index (κ1) is 13.3. The van der Waals surface area contributed by atoms with Gasteiger partial charge in [0, 0.05) is 32.0 Å². The van der Waals surface area contributed by atoms with Crippen molar-refractivity contribution in [3.8, 4) is 0 Å². The molecule has 0 radical (unpaired) electrons. The first-order chi connectivity index (χ1) is 8.75. The van der Waals surface area contributed by atoms with Crippen LogP contribution in [-0.4, -0.2) is 28.1 Å². The maximum absolute atomic E-state index is 5.45. The average molecular weight is 263 g/mol. The van der Waals surface area contributed by atoms with Gasteiger partial charge in [-0.15, -0.1) is 0 Å². The van der Waals surface area contributed by atoms with Gasteiger partial charge in [0.25, 0.3) is 0 Å². The molecule has 1 aromatic heterocycles. The Labute approximate surface area is 115 Å². The van der Waals surface area contributed by atoms with E-state index in [9.17, 15) is 0 Å². The molecular weight excluding hydrogens is 242 g/mol. The van der Waals surface area contributed by atoms with Crippen LogP contribution in [0, 0.1) is 0 Å². The Balaban J connectivity index is 1.81. The van der Waals surface area contributed by atoms with Gasteiger partial charge in [-0.1, -0.05) is 25.3 Å². The molecule has 1 heterocycles. The van der Waals surface area contributed by atoms with Gasteiger partial charge in [-0.05, 0) is 36.7 Å². The minimum Gasteiger partial charge on any atom is -0.360 e. The second-order valence-electron chi connectivity index (χ2n) is 5.00. The molecule has 0 spiro atoms. The third-order valence-corrected chi connectivity index (χ3v) is 3.85. The van der Waals surface area contributed by atoms with Gasteiger partial charge in [-0.3, -0.25) is 4.98 Å². The zero-order valence-corrected chi connectivity index (χ0v) is 11.7. The summed E-state index contributed by atoms with van der Waals surface area (Å²) in [6, 6.07) is 4.61. The second kappa shape index (κ2) is 6.69. The molecule has 0 saturated heterocycles. The van der Waals surface area contributed by atoms with Crippen LogP contribution in [0.4, 0.5) is 0 Å². The Morgan fingerprint density at radius 1 is 1.44 bits per heavy atom. The standard InChI is InChI=1S/C14H21N3S/c1-17(11-12-6-5-9-15-10-12)14(18)16-13-7-3-2-4-8-13/h5-6,9-10,13H,2-4,7-8,11H2,1H3,(H,16,18). The molecule has 98 valence electrons. The van der Waals surface area contributed by atoms with Gasteiger partial charge in [-0.25, -0.2) is 0 Å². The van der Waals surface area contributed by atoms with E-state index in [0.29, 0.717) is 6.04 Å². The molecule has 1 saturated carbocycles. The zero-order valence-electron chi connectivity index (χ0n) is 10.9.